The number of nitrogens with zero attached hydrogens (tertiary/aromatic N) is 1. The number of hydrogen-bond acceptors (Lipinski definition) is 4. The molecule has 0 unspecified atom stereocenters. The number of nitrogens with two attached hydrogens (primary N) is 1. The maximum absolute atomic E-state index is 11.0. The van der Waals surface area contributed by atoms with Crippen LogP contribution in [0.15, 0.2) is 36.5 Å². The second kappa shape index (κ2) is 5.39. The van der Waals surface area contributed by atoms with Gasteiger partial charge in [-0.25, -0.2) is 9.78 Å². The van der Waals surface area contributed by atoms with Gasteiger partial charge in [0.05, 0.1) is 11.3 Å². The fraction of sp³-hybridized carbons (Fsp3) is 0.143. The van der Waals surface area contributed by atoms with Crippen LogP contribution < -0.4 is 11.1 Å². The Morgan fingerprint density at radius 1 is 1.42 bits per heavy atom. The lowest BCUT2D eigenvalue weighted by atomic mass is 10.1. The van der Waals surface area contributed by atoms with Crippen LogP contribution in [0, 0.1) is 6.92 Å². The molecule has 0 saturated heterocycles. The molecule has 98 valence electrons. The molecule has 1 heterocycles. The number of carboxylic acid groups (broad SMARTS) is 1. The lowest BCUT2D eigenvalue weighted by molar-refractivity contribution is 0.0698. The summed E-state index contributed by atoms with van der Waals surface area (Å²) >= 11 is 0. The predicted octanol–water partition coefficient (Wildman–Crippen LogP) is 2.28. The van der Waals surface area contributed by atoms with Crippen molar-refractivity contribution in [2.75, 3.05) is 11.1 Å². The second-order valence-corrected chi connectivity index (χ2v) is 4.27. The van der Waals surface area contributed by atoms with Crippen LogP contribution in [0.3, 0.4) is 0 Å². The van der Waals surface area contributed by atoms with Crippen molar-refractivity contribution in [3.63, 3.8) is 0 Å². The maximum Gasteiger partial charge on any atom is 0.337 e. The van der Waals surface area contributed by atoms with Crippen molar-refractivity contribution in [1.29, 1.82) is 0 Å². The monoisotopic (exact) mass is 257 g/mol. The zero-order valence-electron chi connectivity index (χ0n) is 10.6. The number of pyridine rings is 1. The summed E-state index contributed by atoms with van der Waals surface area (Å²) in [5.41, 5.74) is 8.24. The quantitative estimate of drug-likeness (QED) is 0.782. The van der Waals surface area contributed by atoms with E-state index >= 15 is 0 Å². The number of anilines is 2. The van der Waals surface area contributed by atoms with E-state index in [-0.39, 0.29) is 11.3 Å². The minimum absolute atomic E-state index is 0.0572. The number of hydrogen-bond donors (Lipinski definition) is 3. The number of aromatic nitrogens is 1. The van der Waals surface area contributed by atoms with Crippen LogP contribution in [-0.2, 0) is 6.54 Å². The number of carboxylic acids is 1. The summed E-state index contributed by atoms with van der Waals surface area (Å²) in [5, 5.41) is 12.0. The molecule has 5 nitrogen and oxygen atoms in total. The minimum atomic E-state index is -1.06. The van der Waals surface area contributed by atoms with E-state index in [1.807, 2.05) is 31.2 Å². The van der Waals surface area contributed by atoms with Gasteiger partial charge in [-0.05, 0) is 18.6 Å². The standard InChI is InChI=1S/C14H15N3O2/c1-9-3-2-4-10(7-9)8-17-13-12(15)11(14(18)19)5-6-16-13/h2-7H,8,15H2,1H3,(H,16,17)(H,18,19). The SMILES string of the molecule is Cc1cccc(CNc2nccc(C(=O)O)c2N)c1. The summed E-state index contributed by atoms with van der Waals surface area (Å²) in [6.07, 6.45) is 1.43. The molecule has 0 spiro atoms. The summed E-state index contributed by atoms with van der Waals surface area (Å²) in [4.78, 5) is 15.0. The first kappa shape index (κ1) is 12.9. The Morgan fingerprint density at radius 2 is 2.21 bits per heavy atom. The molecule has 0 saturated carbocycles. The predicted molar refractivity (Wildman–Crippen MR) is 74.1 cm³/mol. The average Bonchev–Trinajstić information content (AvgIpc) is 2.37. The van der Waals surface area contributed by atoms with Gasteiger partial charge in [-0.15, -0.1) is 0 Å². The van der Waals surface area contributed by atoms with Crippen LogP contribution in [0.1, 0.15) is 21.5 Å². The van der Waals surface area contributed by atoms with Gasteiger partial charge in [0.2, 0.25) is 0 Å². The van der Waals surface area contributed by atoms with Crippen molar-refractivity contribution in [2.24, 2.45) is 0 Å². The van der Waals surface area contributed by atoms with Crippen molar-refractivity contribution >= 4 is 17.5 Å². The van der Waals surface area contributed by atoms with E-state index in [0.717, 1.165) is 5.56 Å². The first-order valence-corrected chi connectivity index (χ1v) is 5.85. The Hall–Kier alpha value is -2.56. The van der Waals surface area contributed by atoms with E-state index in [9.17, 15) is 4.79 Å². The number of aromatic carboxylic acids is 1. The third-order valence-electron chi connectivity index (χ3n) is 2.76. The van der Waals surface area contributed by atoms with Gasteiger partial charge in [-0.1, -0.05) is 29.8 Å². The molecule has 4 N–H and O–H groups in total. The Labute approximate surface area is 111 Å². The summed E-state index contributed by atoms with van der Waals surface area (Å²) in [7, 11) is 0. The van der Waals surface area contributed by atoms with Crippen LogP contribution in [-0.4, -0.2) is 16.1 Å². The summed E-state index contributed by atoms with van der Waals surface area (Å²) < 4.78 is 0. The van der Waals surface area contributed by atoms with Crippen molar-refractivity contribution in [3.05, 3.63) is 53.2 Å². The normalized spacial score (nSPS) is 10.2. The number of carbonyl (C=O) groups is 1. The van der Waals surface area contributed by atoms with Gasteiger partial charge < -0.3 is 16.2 Å². The third-order valence-corrected chi connectivity index (χ3v) is 2.76. The lowest BCUT2D eigenvalue weighted by Crippen LogP contribution is -2.09. The van der Waals surface area contributed by atoms with E-state index < -0.39 is 5.97 Å². The molecule has 0 aliphatic heterocycles. The van der Waals surface area contributed by atoms with E-state index in [1.54, 1.807) is 0 Å². The fourth-order valence-electron chi connectivity index (χ4n) is 1.81. The average molecular weight is 257 g/mol. The van der Waals surface area contributed by atoms with E-state index in [1.165, 1.54) is 17.8 Å². The molecule has 0 radical (unpaired) electrons. The van der Waals surface area contributed by atoms with Crippen LogP contribution in [0.5, 0.6) is 0 Å². The van der Waals surface area contributed by atoms with Gasteiger partial charge in [-0.2, -0.15) is 0 Å². The van der Waals surface area contributed by atoms with Crippen LogP contribution in [0.2, 0.25) is 0 Å². The molecular weight excluding hydrogens is 242 g/mol. The fourth-order valence-corrected chi connectivity index (χ4v) is 1.81. The Morgan fingerprint density at radius 3 is 2.89 bits per heavy atom. The zero-order valence-corrected chi connectivity index (χ0v) is 10.6. The Balaban J connectivity index is 2.16. The number of aryl methyl sites for hydroxylation is 1. The van der Waals surface area contributed by atoms with Gasteiger partial charge in [0.15, 0.2) is 0 Å². The molecule has 1 aromatic heterocycles. The highest BCUT2D eigenvalue weighted by Crippen LogP contribution is 2.20. The van der Waals surface area contributed by atoms with Gasteiger partial charge in [-0.3, -0.25) is 0 Å². The molecular formula is C14H15N3O2. The molecule has 0 atom stereocenters. The largest absolute Gasteiger partial charge is 0.478 e. The van der Waals surface area contributed by atoms with E-state index in [2.05, 4.69) is 10.3 Å². The highest BCUT2D eigenvalue weighted by molar-refractivity contribution is 5.96. The summed E-state index contributed by atoms with van der Waals surface area (Å²) in [6.45, 7) is 2.56. The molecule has 0 bridgehead atoms. The highest BCUT2D eigenvalue weighted by atomic mass is 16.4. The minimum Gasteiger partial charge on any atom is -0.478 e. The van der Waals surface area contributed by atoms with E-state index in [4.69, 9.17) is 10.8 Å². The molecule has 2 rings (SSSR count). The topological polar surface area (TPSA) is 88.2 Å². The van der Waals surface area contributed by atoms with Gasteiger partial charge >= 0.3 is 5.97 Å². The highest BCUT2D eigenvalue weighted by Gasteiger charge is 2.11. The van der Waals surface area contributed by atoms with Crippen molar-refractivity contribution < 1.29 is 9.90 Å². The number of rotatable bonds is 4. The first-order valence-electron chi connectivity index (χ1n) is 5.85. The van der Waals surface area contributed by atoms with Crippen molar-refractivity contribution in [1.82, 2.24) is 4.98 Å². The second-order valence-electron chi connectivity index (χ2n) is 4.27. The lowest BCUT2D eigenvalue weighted by Gasteiger charge is -2.10. The van der Waals surface area contributed by atoms with Crippen LogP contribution in [0.25, 0.3) is 0 Å². The zero-order chi connectivity index (χ0) is 13.8. The molecule has 0 fully saturated rings. The summed E-state index contributed by atoms with van der Waals surface area (Å²) in [6, 6.07) is 9.40. The smallest absolute Gasteiger partial charge is 0.337 e. The van der Waals surface area contributed by atoms with Gasteiger partial charge in [0, 0.05) is 12.7 Å². The molecule has 19 heavy (non-hydrogen) atoms. The van der Waals surface area contributed by atoms with Crippen LogP contribution >= 0.6 is 0 Å². The molecule has 0 aliphatic carbocycles. The molecule has 0 amide bonds. The molecule has 1 aromatic carbocycles. The third kappa shape index (κ3) is 3.01. The van der Waals surface area contributed by atoms with E-state index in [0.29, 0.717) is 12.4 Å². The number of nitrogen functional groups attached to an aromatic ring is 1. The molecule has 0 aliphatic rings. The number of nitrogens with one attached hydrogen (secondary N) is 1. The van der Waals surface area contributed by atoms with Crippen molar-refractivity contribution in [3.8, 4) is 0 Å². The Bertz CT molecular complexity index is 611. The van der Waals surface area contributed by atoms with Gasteiger partial charge in [0.25, 0.3) is 0 Å². The van der Waals surface area contributed by atoms with Crippen LogP contribution in [0.4, 0.5) is 11.5 Å². The summed E-state index contributed by atoms with van der Waals surface area (Å²) in [5.74, 6) is -0.667. The molecule has 2 aromatic rings. The van der Waals surface area contributed by atoms with Crippen molar-refractivity contribution in [2.45, 2.75) is 13.5 Å². The molecule has 5 heteroatoms. The number of benzene rings is 1. The maximum atomic E-state index is 11.0. The first-order chi connectivity index (χ1) is 9.08. The van der Waals surface area contributed by atoms with Gasteiger partial charge in [0.1, 0.15) is 5.82 Å². The Kier molecular flexibility index (Phi) is 3.66.